The van der Waals surface area contributed by atoms with Crippen LogP contribution >= 0.6 is 32.9 Å². The summed E-state index contributed by atoms with van der Waals surface area (Å²) in [6, 6.07) is 9.48. The number of aromatic nitrogens is 1. The number of hydrogen-bond donors (Lipinski definition) is 0. The van der Waals surface area contributed by atoms with Crippen molar-refractivity contribution in [3.05, 3.63) is 65.0 Å². The van der Waals surface area contributed by atoms with Crippen molar-refractivity contribution >= 4 is 38.7 Å². The number of hydrogen-bond acceptors (Lipinski definition) is 2. The summed E-state index contributed by atoms with van der Waals surface area (Å²) >= 11 is 3.45. The Morgan fingerprint density at radius 2 is 1.74 bits per heavy atom. The number of aryl methyl sites for hydroxylation is 2. The highest BCUT2D eigenvalue weighted by Gasteiger charge is 2.18. The van der Waals surface area contributed by atoms with E-state index in [4.69, 9.17) is 0 Å². The fourth-order valence-electron chi connectivity index (χ4n) is 1.72. The number of nitrogens with zero attached hydrogens (tertiary/aromatic N) is 1. The highest BCUT2D eigenvalue weighted by Crippen LogP contribution is 2.27. The summed E-state index contributed by atoms with van der Waals surface area (Å²) in [5.41, 5.74) is 3.99. The minimum Gasteiger partial charge on any atom is -0.293 e. The van der Waals surface area contributed by atoms with Crippen LogP contribution in [0.3, 0.4) is 0 Å². The first-order valence-electron chi connectivity index (χ1n) is 5.75. The molecule has 0 aliphatic heterocycles. The minimum atomic E-state index is -0.317. The average molecular weight is 385 g/mol. The lowest BCUT2D eigenvalue weighted by Crippen LogP contribution is -2.07. The molecule has 0 N–H and O–H groups in total. The number of alkyl halides is 1. The summed E-state index contributed by atoms with van der Waals surface area (Å²) in [4.78, 5) is 16.0. The van der Waals surface area contributed by atoms with Crippen molar-refractivity contribution in [2.45, 2.75) is 18.7 Å². The molecule has 0 bridgehead atoms. The van der Waals surface area contributed by atoms with E-state index in [1.54, 1.807) is 12.4 Å². The lowest BCUT2D eigenvalue weighted by molar-refractivity contribution is 0.0991. The molecule has 0 radical (unpaired) electrons. The number of carbonyl (C=O) groups excluding carboxylic acids is 1. The maximum atomic E-state index is 12.3. The first-order valence-corrected chi connectivity index (χ1v) is 6.66. The number of rotatable bonds is 3. The lowest BCUT2D eigenvalue weighted by atomic mass is 10.00. The number of pyridine rings is 1. The number of ketones is 1. The van der Waals surface area contributed by atoms with Gasteiger partial charge in [-0.15, -0.1) is 17.0 Å². The number of benzene rings is 1. The quantitative estimate of drug-likeness (QED) is 0.571. The van der Waals surface area contributed by atoms with E-state index in [9.17, 15) is 4.79 Å². The smallest absolute Gasteiger partial charge is 0.180 e. The van der Waals surface area contributed by atoms with Crippen LogP contribution in [0.5, 0.6) is 0 Å². The highest BCUT2D eigenvalue weighted by atomic mass is 79.9. The Balaban J connectivity index is 0.00000180. The fourth-order valence-corrected chi connectivity index (χ4v) is 2.29. The SMILES string of the molecule is Br.Cc1ccc(C(=O)C(Br)c2ccncc2)cc1C. The van der Waals surface area contributed by atoms with E-state index < -0.39 is 0 Å². The van der Waals surface area contributed by atoms with E-state index >= 15 is 0 Å². The van der Waals surface area contributed by atoms with E-state index in [-0.39, 0.29) is 27.6 Å². The van der Waals surface area contributed by atoms with Gasteiger partial charge >= 0.3 is 0 Å². The second-order valence-corrected chi connectivity index (χ2v) is 5.22. The number of carbonyl (C=O) groups is 1. The lowest BCUT2D eigenvalue weighted by Gasteiger charge is -2.10. The van der Waals surface area contributed by atoms with Crippen LogP contribution in [0.4, 0.5) is 0 Å². The second-order valence-electron chi connectivity index (χ2n) is 4.31. The standard InChI is InChI=1S/C15H14BrNO.BrH/c1-10-3-4-13(9-11(10)2)15(18)14(16)12-5-7-17-8-6-12;/h3-9,14H,1-2H3;1H. The molecule has 4 heteroatoms. The molecule has 0 saturated carbocycles. The van der Waals surface area contributed by atoms with Crippen molar-refractivity contribution in [1.82, 2.24) is 4.98 Å². The predicted molar refractivity (Wildman–Crippen MR) is 86.5 cm³/mol. The van der Waals surface area contributed by atoms with Crippen LogP contribution < -0.4 is 0 Å². The van der Waals surface area contributed by atoms with Gasteiger partial charge in [0, 0.05) is 18.0 Å². The van der Waals surface area contributed by atoms with Gasteiger partial charge in [0.15, 0.2) is 5.78 Å². The van der Waals surface area contributed by atoms with Gasteiger partial charge in [-0.25, -0.2) is 0 Å². The molecule has 0 aliphatic rings. The Bertz CT molecular complexity index is 570. The van der Waals surface area contributed by atoms with Crippen LogP contribution in [-0.2, 0) is 0 Å². The molecule has 0 saturated heterocycles. The largest absolute Gasteiger partial charge is 0.293 e. The molecule has 1 atom stereocenters. The summed E-state index contributed by atoms with van der Waals surface area (Å²) in [5, 5.41) is 0. The van der Waals surface area contributed by atoms with Crippen LogP contribution in [0.15, 0.2) is 42.7 Å². The Labute approximate surface area is 132 Å². The van der Waals surface area contributed by atoms with Crippen LogP contribution in [0, 0.1) is 13.8 Å². The maximum absolute atomic E-state index is 12.3. The molecule has 100 valence electrons. The van der Waals surface area contributed by atoms with Crippen LogP contribution in [0.2, 0.25) is 0 Å². The summed E-state index contributed by atoms with van der Waals surface area (Å²) < 4.78 is 0. The van der Waals surface area contributed by atoms with E-state index in [1.807, 2.05) is 44.2 Å². The van der Waals surface area contributed by atoms with Crippen molar-refractivity contribution in [1.29, 1.82) is 0 Å². The Morgan fingerprint density at radius 3 is 2.32 bits per heavy atom. The van der Waals surface area contributed by atoms with Gasteiger partial charge in [-0.05, 0) is 48.7 Å². The van der Waals surface area contributed by atoms with Gasteiger partial charge < -0.3 is 0 Å². The molecule has 0 amide bonds. The molecule has 19 heavy (non-hydrogen) atoms. The summed E-state index contributed by atoms with van der Waals surface area (Å²) in [5.74, 6) is 0.0734. The molecular weight excluding hydrogens is 370 g/mol. The third-order valence-electron chi connectivity index (χ3n) is 3.02. The Morgan fingerprint density at radius 1 is 1.11 bits per heavy atom. The molecule has 1 unspecified atom stereocenters. The van der Waals surface area contributed by atoms with Gasteiger partial charge in [0.05, 0.1) is 0 Å². The van der Waals surface area contributed by atoms with Gasteiger partial charge in [-0.3, -0.25) is 9.78 Å². The second kappa shape index (κ2) is 6.96. The van der Waals surface area contributed by atoms with Crippen molar-refractivity contribution in [3.8, 4) is 0 Å². The molecular formula is C15H15Br2NO. The summed E-state index contributed by atoms with van der Waals surface area (Å²) in [7, 11) is 0. The van der Waals surface area contributed by atoms with Crippen molar-refractivity contribution in [3.63, 3.8) is 0 Å². The van der Waals surface area contributed by atoms with Crippen molar-refractivity contribution < 1.29 is 4.79 Å². The van der Waals surface area contributed by atoms with Crippen molar-refractivity contribution in [2.24, 2.45) is 0 Å². The highest BCUT2D eigenvalue weighted by molar-refractivity contribution is 9.09. The molecule has 1 aromatic carbocycles. The molecule has 0 aliphatic carbocycles. The van der Waals surface area contributed by atoms with Crippen molar-refractivity contribution in [2.75, 3.05) is 0 Å². The zero-order chi connectivity index (χ0) is 13.1. The first-order chi connectivity index (χ1) is 8.59. The normalized spacial score (nSPS) is 11.5. The molecule has 2 nitrogen and oxygen atoms in total. The molecule has 2 aromatic rings. The van der Waals surface area contributed by atoms with E-state index in [0.717, 1.165) is 16.7 Å². The fraction of sp³-hybridized carbons (Fsp3) is 0.200. The monoisotopic (exact) mass is 383 g/mol. The molecule has 2 rings (SSSR count). The van der Waals surface area contributed by atoms with E-state index in [0.29, 0.717) is 0 Å². The van der Waals surface area contributed by atoms with Gasteiger partial charge in [-0.1, -0.05) is 28.1 Å². The molecule has 1 heterocycles. The summed E-state index contributed by atoms with van der Waals surface area (Å²) in [6.45, 7) is 4.06. The minimum absolute atomic E-state index is 0. The van der Waals surface area contributed by atoms with Gasteiger partial charge in [0.25, 0.3) is 0 Å². The van der Waals surface area contributed by atoms with Crippen LogP contribution in [0.1, 0.15) is 31.9 Å². The zero-order valence-corrected chi connectivity index (χ0v) is 14.1. The van der Waals surface area contributed by atoms with Gasteiger partial charge in [-0.2, -0.15) is 0 Å². The van der Waals surface area contributed by atoms with Gasteiger partial charge in [0.2, 0.25) is 0 Å². The third-order valence-corrected chi connectivity index (χ3v) is 3.96. The first kappa shape index (κ1) is 16.1. The number of Topliss-reactive ketones (excluding diaryl/α,β-unsaturated/α-hetero) is 1. The van der Waals surface area contributed by atoms with E-state index in [1.165, 1.54) is 5.56 Å². The summed E-state index contributed by atoms with van der Waals surface area (Å²) in [6.07, 6.45) is 3.38. The molecule has 1 aromatic heterocycles. The van der Waals surface area contributed by atoms with E-state index in [2.05, 4.69) is 20.9 Å². The van der Waals surface area contributed by atoms with Crippen LogP contribution in [-0.4, -0.2) is 10.8 Å². The maximum Gasteiger partial charge on any atom is 0.180 e. The third kappa shape index (κ3) is 3.74. The zero-order valence-electron chi connectivity index (χ0n) is 10.8. The Kier molecular flexibility index (Phi) is 5.88. The van der Waals surface area contributed by atoms with Gasteiger partial charge in [0.1, 0.15) is 4.83 Å². The van der Waals surface area contributed by atoms with Crippen LogP contribution in [0.25, 0.3) is 0 Å². The topological polar surface area (TPSA) is 30.0 Å². The predicted octanol–water partition coefficient (Wildman–Crippen LogP) is 4.60. The molecule has 0 fully saturated rings. The number of halogens is 2. The Hall–Kier alpha value is -1.00. The average Bonchev–Trinajstić information content (AvgIpc) is 2.41. The molecule has 0 spiro atoms.